The Balaban J connectivity index is 2.25. The van der Waals surface area contributed by atoms with Crippen molar-refractivity contribution in [3.05, 3.63) is 11.4 Å². The molecule has 0 spiro atoms. The highest BCUT2D eigenvalue weighted by Gasteiger charge is 2.33. The summed E-state index contributed by atoms with van der Waals surface area (Å²) in [4.78, 5) is 12.6. The molecule has 0 bridgehead atoms. The number of aryl methyl sites for hydroxylation is 1. The van der Waals surface area contributed by atoms with Crippen molar-refractivity contribution < 1.29 is 13.2 Å². The molecule has 0 aromatic carbocycles. The van der Waals surface area contributed by atoms with E-state index in [0.29, 0.717) is 24.5 Å². The van der Waals surface area contributed by atoms with Gasteiger partial charge in [-0.05, 0) is 39.5 Å². The lowest BCUT2D eigenvalue weighted by atomic mass is 9.90. The summed E-state index contributed by atoms with van der Waals surface area (Å²) in [6, 6.07) is 2.13. The standard InChI is InChI=1S/C18H29N5O3S/c1-13(2)18(5,12-19)20-16(24)11-23-15(4)17(14(3)21-23)27(25,26)22-9-7-6-8-10-22/h13H,6-11H2,1-5H3,(H,20,24)/t18-/m1/s1. The molecule has 0 unspecified atom stereocenters. The Bertz CT molecular complexity index is 847. The van der Waals surface area contributed by atoms with E-state index in [1.54, 1.807) is 20.8 Å². The van der Waals surface area contributed by atoms with Crippen LogP contribution in [0.1, 0.15) is 51.4 Å². The van der Waals surface area contributed by atoms with Crippen LogP contribution in [0.25, 0.3) is 0 Å². The first-order valence-electron chi connectivity index (χ1n) is 9.29. The van der Waals surface area contributed by atoms with Gasteiger partial charge in [-0.1, -0.05) is 20.3 Å². The molecular formula is C18H29N5O3S. The van der Waals surface area contributed by atoms with Gasteiger partial charge in [0.2, 0.25) is 15.9 Å². The molecule has 2 heterocycles. The van der Waals surface area contributed by atoms with E-state index >= 15 is 0 Å². The normalized spacial score (nSPS) is 18.1. The van der Waals surface area contributed by atoms with Gasteiger partial charge in [0.1, 0.15) is 17.0 Å². The third kappa shape index (κ3) is 4.33. The monoisotopic (exact) mass is 395 g/mol. The van der Waals surface area contributed by atoms with Crippen LogP contribution >= 0.6 is 0 Å². The van der Waals surface area contributed by atoms with Crippen molar-refractivity contribution >= 4 is 15.9 Å². The van der Waals surface area contributed by atoms with Gasteiger partial charge in [0.05, 0.1) is 17.5 Å². The molecule has 1 atom stereocenters. The largest absolute Gasteiger partial charge is 0.336 e. The van der Waals surface area contributed by atoms with Crippen molar-refractivity contribution in [2.45, 2.75) is 70.9 Å². The molecular weight excluding hydrogens is 366 g/mol. The summed E-state index contributed by atoms with van der Waals surface area (Å²) in [6.07, 6.45) is 2.75. The van der Waals surface area contributed by atoms with E-state index in [1.165, 1.54) is 8.99 Å². The van der Waals surface area contributed by atoms with E-state index in [0.717, 1.165) is 19.3 Å². The minimum Gasteiger partial charge on any atom is -0.336 e. The van der Waals surface area contributed by atoms with Crippen molar-refractivity contribution in [2.24, 2.45) is 5.92 Å². The number of sulfonamides is 1. The lowest BCUT2D eigenvalue weighted by Gasteiger charge is -2.27. The SMILES string of the molecule is Cc1nn(CC(=O)N[C@](C)(C#N)C(C)C)c(C)c1S(=O)(=O)N1CCCCC1. The van der Waals surface area contributed by atoms with Gasteiger partial charge in [-0.2, -0.15) is 14.7 Å². The van der Waals surface area contributed by atoms with E-state index in [-0.39, 0.29) is 23.3 Å². The number of nitrogens with zero attached hydrogens (tertiary/aromatic N) is 4. The maximum Gasteiger partial charge on any atom is 0.246 e. The van der Waals surface area contributed by atoms with Crippen molar-refractivity contribution in [1.29, 1.82) is 5.26 Å². The van der Waals surface area contributed by atoms with E-state index in [1.807, 2.05) is 13.8 Å². The van der Waals surface area contributed by atoms with Gasteiger partial charge in [0.25, 0.3) is 0 Å². The van der Waals surface area contributed by atoms with Crippen LogP contribution in [0, 0.1) is 31.1 Å². The average Bonchev–Trinajstić information content (AvgIpc) is 2.89. The molecule has 27 heavy (non-hydrogen) atoms. The third-order valence-corrected chi connectivity index (χ3v) is 7.46. The lowest BCUT2D eigenvalue weighted by Crippen LogP contribution is -2.50. The Morgan fingerprint density at radius 1 is 1.30 bits per heavy atom. The minimum absolute atomic E-state index is 0.0676. The van der Waals surface area contributed by atoms with Crippen LogP contribution in [0.15, 0.2) is 4.90 Å². The molecule has 1 fully saturated rings. The Hall–Kier alpha value is -1.92. The van der Waals surface area contributed by atoms with Gasteiger partial charge >= 0.3 is 0 Å². The number of nitriles is 1. The van der Waals surface area contributed by atoms with Gasteiger partial charge in [-0.25, -0.2) is 8.42 Å². The van der Waals surface area contributed by atoms with Crippen LogP contribution in [0.4, 0.5) is 0 Å². The molecule has 1 aromatic heterocycles. The molecule has 0 aliphatic carbocycles. The number of carbonyl (C=O) groups excluding carboxylic acids is 1. The summed E-state index contributed by atoms with van der Waals surface area (Å²) < 4.78 is 28.9. The molecule has 1 saturated heterocycles. The fourth-order valence-electron chi connectivity index (χ4n) is 3.21. The molecule has 1 aromatic rings. The molecule has 8 nitrogen and oxygen atoms in total. The van der Waals surface area contributed by atoms with E-state index in [4.69, 9.17) is 0 Å². The van der Waals surface area contributed by atoms with E-state index in [2.05, 4.69) is 16.5 Å². The van der Waals surface area contributed by atoms with Crippen molar-refractivity contribution in [3.8, 4) is 6.07 Å². The molecule has 9 heteroatoms. The van der Waals surface area contributed by atoms with Gasteiger partial charge in [0.15, 0.2) is 0 Å². The van der Waals surface area contributed by atoms with Crippen LogP contribution in [0.3, 0.4) is 0 Å². The molecule has 0 radical (unpaired) electrons. The zero-order valence-electron chi connectivity index (χ0n) is 16.7. The number of amides is 1. The highest BCUT2D eigenvalue weighted by atomic mass is 32.2. The number of carbonyl (C=O) groups is 1. The Labute approximate surface area is 161 Å². The quantitative estimate of drug-likeness (QED) is 0.789. The smallest absolute Gasteiger partial charge is 0.246 e. The highest BCUT2D eigenvalue weighted by molar-refractivity contribution is 7.89. The van der Waals surface area contributed by atoms with Gasteiger partial charge < -0.3 is 5.32 Å². The fourth-order valence-corrected chi connectivity index (χ4v) is 5.10. The average molecular weight is 396 g/mol. The van der Waals surface area contributed by atoms with Gasteiger partial charge in [0, 0.05) is 13.1 Å². The summed E-state index contributed by atoms with van der Waals surface area (Å²) >= 11 is 0. The summed E-state index contributed by atoms with van der Waals surface area (Å²) in [5.74, 6) is -0.442. The highest BCUT2D eigenvalue weighted by Crippen LogP contribution is 2.26. The van der Waals surface area contributed by atoms with Gasteiger partial charge in [-0.15, -0.1) is 0 Å². The Morgan fingerprint density at radius 3 is 2.41 bits per heavy atom. The van der Waals surface area contributed by atoms with Crippen molar-refractivity contribution in [1.82, 2.24) is 19.4 Å². The Kier molecular flexibility index (Phi) is 6.32. The summed E-state index contributed by atoms with van der Waals surface area (Å²) in [5.41, 5.74) is -0.162. The number of rotatable bonds is 6. The molecule has 150 valence electrons. The second-order valence-electron chi connectivity index (χ2n) is 7.64. The maximum atomic E-state index is 13.0. The van der Waals surface area contributed by atoms with E-state index < -0.39 is 15.6 Å². The molecule has 1 aliphatic heterocycles. The number of piperidine rings is 1. The first-order chi connectivity index (χ1) is 12.5. The van der Waals surface area contributed by atoms with Crippen LogP contribution < -0.4 is 5.32 Å². The lowest BCUT2D eigenvalue weighted by molar-refractivity contribution is -0.123. The fraction of sp³-hybridized carbons (Fsp3) is 0.722. The number of nitrogens with one attached hydrogen (secondary N) is 1. The molecule has 0 saturated carbocycles. The molecule has 1 aliphatic rings. The Morgan fingerprint density at radius 2 is 1.89 bits per heavy atom. The molecule has 2 rings (SSSR count). The van der Waals surface area contributed by atoms with Gasteiger partial charge in [-0.3, -0.25) is 9.48 Å². The van der Waals surface area contributed by atoms with Crippen LogP contribution in [0.5, 0.6) is 0 Å². The number of hydrogen-bond acceptors (Lipinski definition) is 5. The van der Waals surface area contributed by atoms with E-state index in [9.17, 15) is 18.5 Å². The van der Waals surface area contributed by atoms with Crippen molar-refractivity contribution in [3.63, 3.8) is 0 Å². The zero-order valence-corrected chi connectivity index (χ0v) is 17.6. The first-order valence-corrected chi connectivity index (χ1v) is 10.7. The molecule has 1 N–H and O–H groups in total. The third-order valence-electron chi connectivity index (χ3n) is 5.31. The van der Waals surface area contributed by atoms with Crippen LogP contribution in [-0.2, 0) is 21.4 Å². The summed E-state index contributed by atoms with van der Waals surface area (Å²) in [7, 11) is -3.63. The number of hydrogen-bond donors (Lipinski definition) is 1. The van der Waals surface area contributed by atoms with Crippen molar-refractivity contribution in [2.75, 3.05) is 13.1 Å². The topological polar surface area (TPSA) is 108 Å². The summed E-state index contributed by atoms with van der Waals surface area (Å²) in [5, 5.41) is 16.4. The second kappa shape index (κ2) is 7.98. The second-order valence-corrected chi connectivity index (χ2v) is 9.51. The maximum absolute atomic E-state index is 13.0. The first kappa shape index (κ1) is 21.4. The zero-order chi connectivity index (χ0) is 20.4. The minimum atomic E-state index is -3.63. The summed E-state index contributed by atoms with van der Waals surface area (Å²) in [6.45, 7) is 9.59. The van der Waals surface area contributed by atoms with Crippen LogP contribution in [0.2, 0.25) is 0 Å². The predicted octanol–water partition coefficient (Wildman–Crippen LogP) is 1.73. The molecule has 1 amide bonds. The predicted molar refractivity (Wildman–Crippen MR) is 101 cm³/mol. The number of aromatic nitrogens is 2. The van der Waals surface area contributed by atoms with Crippen LogP contribution in [-0.4, -0.2) is 47.0 Å².